The predicted octanol–water partition coefficient (Wildman–Crippen LogP) is 0.966. The molecule has 0 aliphatic carbocycles. The summed E-state index contributed by atoms with van der Waals surface area (Å²) >= 11 is 1.56. The molecule has 0 radical (unpaired) electrons. The predicted molar refractivity (Wildman–Crippen MR) is 85.0 cm³/mol. The number of hydrogen-bond donors (Lipinski definition) is 2. The van der Waals surface area contributed by atoms with Gasteiger partial charge >= 0.3 is 0 Å². The molecule has 0 amide bonds. The number of piperidine rings is 1. The van der Waals surface area contributed by atoms with Crippen molar-refractivity contribution in [1.82, 2.24) is 30.0 Å². The van der Waals surface area contributed by atoms with Crippen molar-refractivity contribution in [3.63, 3.8) is 0 Å². The van der Waals surface area contributed by atoms with Crippen molar-refractivity contribution in [3.05, 3.63) is 33.8 Å². The van der Waals surface area contributed by atoms with Crippen molar-refractivity contribution in [2.75, 3.05) is 13.1 Å². The minimum absolute atomic E-state index is 0.116. The molecule has 3 rings (SSSR count). The number of nitrogens with one attached hydrogen (secondary N) is 2. The average molecular weight is 320 g/mol. The molecule has 2 aromatic rings. The van der Waals surface area contributed by atoms with Crippen LogP contribution in [0.5, 0.6) is 0 Å². The smallest absolute Gasteiger partial charge is 0.251 e. The van der Waals surface area contributed by atoms with Crippen LogP contribution in [0.2, 0.25) is 0 Å². The summed E-state index contributed by atoms with van der Waals surface area (Å²) < 4.78 is 2.06. The standard InChI is InChI=1S/C14H20N6OS/c1-9-16-11(6-12(21)17-9)8-22-14-19-18-13(20(14)2)10-4-3-5-15-7-10/h6,10,15H,3-5,7-8H2,1-2H3,(H,16,17,21)/t10-/m1/s1. The van der Waals surface area contributed by atoms with E-state index in [1.54, 1.807) is 18.7 Å². The molecular formula is C14H20N6OS. The van der Waals surface area contributed by atoms with Crippen LogP contribution in [-0.4, -0.2) is 37.8 Å². The van der Waals surface area contributed by atoms with Gasteiger partial charge in [-0.3, -0.25) is 4.79 Å². The van der Waals surface area contributed by atoms with Crippen LogP contribution in [0.25, 0.3) is 0 Å². The number of rotatable bonds is 4. The normalized spacial score (nSPS) is 18.5. The zero-order valence-corrected chi connectivity index (χ0v) is 13.6. The molecule has 2 N–H and O–H groups in total. The zero-order chi connectivity index (χ0) is 15.5. The topological polar surface area (TPSA) is 88.5 Å². The fourth-order valence-electron chi connectivity index (χ4n) is 2.73. The van der Waals surface area contributed by atoms with Gasteiger partial charge in [-0.15, -0.1) is 10.2 Å². The number of aromatic amines is 1. The van der Waals surface area contributed by atoms with E-state index in [2.05, 4.69) is 30.0 Å². The first kappa shape index (κ1) is 15.2. The van der Waals surface area contributed by atoms with Crippen molar-refractivity contribution in [3.8, 4) is 0 Å². The maximum absolute atomic E-state index is 11.5. The van der Waals surface area contributed by atoms with E-state index in [1.807, 2.05) is 7.05 Å². The first-order valence-corrected chi connectivity index (χ1v) is 8.41. The van der Waals surface area contributed by atoms with Gasteiger partial charge in [0, 0.05) is 31.3 Å². The first-order valence-electron chi connectivity index (χ1n) is 7.43. The maximum atomic E-state index is 11.5. The minimum atomic E-state index is -0.116. The first-order chi connectivity index (χ1) is 10.6. The van der Waals surface area contributed by atoms with Crippen LogP contribution < -0.4 is 10.9 Å². The van der Waals surface area contributed by atoms with Crippen molar-refractivity contribution in [1.29, 1.82) is 0 Å². The van der Waals surface area contributed by atoms with Crippen LogP contribution >= 0.6 is 11.8 Å². The summed E-state index contributed by atoms with van der Waals surface area (Å²) in [6.07, 6.45) is 2.33. The summed E-state index contributed by atoms with van der Waals surface area (Å²) in [5.74, 6) is 2.71. The molecule has 1 aliphatic rings. The average Bonchev–Trinajstić information content (AvgIpc) is 2.86. The lowest BCUT2D eigenvalue weighted by molar-refractivity contribution is 0.436. The maximum Gasteiger partial charge on any atom is 0.251 e. The van der Waals surface area contributed by atoms with E-state index >= 15 is 0 Å². The fourth-order valence-corrected chi connectivity index (χ4v) is 3.54. The van der Waals surface area contributed by atoms with Gasteiger partial charge in [-0.05, 0) is 26.3 Å². The Morgan fingerprint density at radius 2 is 2.32 bits per heavy atom. The Morgan fingerprint density at radius 3 is 3.05 bits per heavy atom. The van der Waals surface area contributed by atoms with Gasteiger partial charge in [0.1, 0.15) is 11.6 Å². The molecule has 118 valence electrons. The highest BCUT2D eigenvalue weighted by Gasteiger charge is 2.21. The Balaban J connectivity index is 1.70. The number of H-pyrrole nitrogens is 1. The summed E-state index contributed by atoms with van der Waals surface area (Å²) in [6.45, 7) is 3.83. The van der Waals surface area contributed by atoms with Gasteiger partial charge in [0.2, 0.25) is 0 Å². The van der Waals surface area contributed by atoms with Crippen LogP contribution in [0.4, 0.5) is 0 Å². The fraction of sp³-hybridized carbons (Fsp3) is 0.571. The lowest BCUT2D eigenvalue weighted by atomic mass is 9.99. The Bertz CT molecular complexity index is 704. The number of aromatic nitrogens is 5. The Labute approximate surface area is 133 Å². The highest BCUT2D eigenvalue weighted by atomic mass is 32.2. The largest absolute Gasteiger partial charge is 0.316 e. The second kappa shape index (κ2) is 6.62. The molecule has 1 aliphatic heterocycles. The molecule has 0 saturated carbocycles. The zero-order valence-electron chi connectivity index (χ0n) is 12.8. The van der Waals surface area contributed by atoms with Gasteiger partial charge in [0.05, 0.1) is 5.69 Å². The van der Waals surface area contributed by atoms with Crippen LogP contribution in [0, 0.1) is 6.92 Å². The van der Waals surface area contributed by atoms with Gasteiger partial charge in [-0.25, -0.2) is 4.98 Å². The molecule has 22 heavy (non-hydrogen) atoms. The quantitative estimate of drug-likeness (QED) is 0.816. The van der Waals surface area contributed by atoms with Crippen molar-refractivity contribution in [2.45, 2.75) is 36.6 Å². The second-order valence-electron chi connectivity index (χ2n) is 5.55. The van der Waals surface area contributed by atoms with Gasteiger partial charge in [-0.1, -0.05) is 11.8 Å². The third-order valence-electron chi connectivity index (χ3n) is 3.79. The van der Waals surface area contributed by atoms with Crippen LogP contribution in [-0.2, 0) is 12.8 Å². The number of thioether (sulfide) groups is 1. The second-order valence-corrected chi connectivity index (χ2v) is 6.50. The molecule has 1 atom stereocenters. The van der Waals surface area contributed by atoms with Gasteiger partial charge < -0.3 is 14.9 Å². The summed E-state index contributed by atoms with van der Waals surface area (Å²) in [6, 6.07) is 1.53. The number of nitrogens with zero attached hydrogens (tertiary/aromatic N) is 4. The van der Waals surface area contributed by atoms with Crippen molar-refractivity contribution < 1.29 is 0 Å². The summed E-state index contributed by atoms with van der Waals surface area (Å²) in [5, 5.41) is 12.9. The Kier molecular flexibility index (Phi) is 4.58. The molecule has 2 aromatic heterocycles. The lowest BCUT2D eigenvalue weighted by Gasteiger charge is -2.21. The van der Waals surface area contributed by atoms with Crippen molar-refractivity contribution >= 4 is 11.8 Å². The minimum Gasteiger partial charge on any atom is -0.316 e. The van der Waals surface area contributed by atoms with Gasteiger partial charge in [0.25, 0.3) is 5.56 Å². The van der Waals surface area contributed by atoms with E-state index in [9.17, 15) is 4.79 Å². The van der Waals surface area contributed by atoms with E-state index in [0.29, 0.717) is 17.5 Å². The third-order valence-corrected chi connectivity index (χ3v) is 4.85. The van der Waals surface area contributed by atoms with E-state index in [-0.39, 0.29) is 5.56 Å². The van der Waals surface area contributed by atoms with Crippen molar-refractivity contribution in [2.24, 2.45) is 7.05 Å². The SMILES string of the molecule is Cc1nc(CSc2nnc([C@@H]3CCCNC3)n2C)cc(=O)[nH]1. The summed E-state index contributed by atoms with van der Waals surface area (Å²) in [7, 11) is 2.00. The van der Waals surface area contributed by atoms with Gasteiger partial charge in [0.15, 0.2) is 5.16 Å². The molecule has 8 heteroatoms. The molecule has 1 fully saturated rings. The van der Waals surface area contributed by atoms with Crippen LogP contribution in [0.3, 0.4) is 0 Å². The molecular weight excluding hydrogens is 300 g/mol. The molecule has 0 spiro atoms. The van der Waals surface area contributed by atoms with E-state index in [0.717, 1.165) is 36.2 Å². The summed E-state index contributed by atoms with van der Waals surface area (Å²) in [4.78, 5) is 18.4. The molecule has 3 heterocycles. The Morgan fingerprint density at radius 1 is 1.45 bits per heavy atom. The summed E-state index contributed by atoms with van der Waals surface area (Å²) in [5.41, 5.74) is 0.644. The van der Waals surface area contributed by atoms with E-state index < -0.39 is 0 Å². The third kappa shape index (κ3) is 3.38. The number of aryl methyl sites for hydroxylation is 1. The molecule has 7 nitrogen and oxygen atoms in total. The number of hydrogen-bond acceptors (Lipinski definition) is 6. The molecule has 0 unspecified atom stereocenters. The molecule has 0 bridgehead atoms. The molecule has 0 aromatic carbocycles. The highest BCUT2D eigenvalue weighted by Crippen LogP contribution is 2.26. The molecule has 1 saturated heterocycles. The highest BCUT2D eigenvalue weighted by molar-refractivity contribution is 7.98. The van der Waals surface area contributed by atoms with E-state index in [1.165, 1.54) is 12.5 Å². The van der Waals surface area contributed by atoms with E-state index in [4.69, 9.17) is 0 Å². The van der Waals surface area contributed by atoms with Gasteiger partial charge in [-0.2, -0.15) is 0 Å². The monoisotopic (exact) mass is 320 g/mol. The van der Waals surface area contributed by atoms with Crippen LogP contribution in [0.15, 0.2) is 16.0 Å². The Hall–Kier alpha value is -1.67. The lowest BCUT2D eigenvalue weighted by Crippen LogP contribution is -2.29. The van der Waals surface area contributed by atoms with Crippen LogP contribution in [0.1, 0.15) is 36.1 Å².